The number of amides is 1. The van der Waals surface area contributed by atoms with Crippen molar-refractivity contribution in [1.29, 1.82) is 0 Å². The Hall–Kier alpha value is 0.461. The molecule has 103 valence electrons. The van der Waals surface area contributed by atoms with Gasteiger partial charge in [-0.05, 0) is 0 Å². The first-order valence-corrected chi connectivity index (χ1v) is 13.3. The second-order valence-electron chi connectivity index (χ2n) is 4.54. The molecular weight excluding hydrogens is 321 g/mol. The molecule has 6 heteroatoms. The van der Waals surface area contributed by atoms with Gasteiger partial charge in [0.25, 0.3) is 0 Å². The number of rotatable bonds is 6. The topological polar surface area (TPSA) is 29.1 Å². The molecule has 0 heterocycles. The maximum atomic E-state index is 11.8. The quantitative estimate of drug-likeness (QED) is 0.502. The zero-order valence-corrected chi connectivity index (χ0v) is 15.5. The van der Waals surface area contributed by atoms with Crippen molar-refractivity contribution in [3.8, 4) is 0 Å². The molecule has 0 aliphatic heterocycles. The van der Waals surface area contributed by atoms with E-state index >= 15 is 0 Å². The van der Waals surface area contributed by atoms with E-state index < -0.39 is 24.0 Å². The Labute approximate surface area is 130 Å². The van der Waals surface area contributed by atoms with Gasteiger partial charge in [0, 0.05) is 0 Å². The molecule has 2 nitrogen and oxygen atoms in total. The fourth-order valence-electron chi connectivity index (χ4n) is 1.79. The van der Waals surface area contributed by atoms with Gasteiger partial charge >= 0.3 is 106 Å². The zero-order valence-electron chi connectivity index (χ0n) is 11.3. The smallest absolute Gasteiger partial charge is 1.00 e. The number of hydrogen-bond acceptors (Lipinski definition) is 1. The van der Waals surface area contributed by atoms with Crippen molar-refractivity contribution < 1.29 is 47.0 Å². The number of halogens is 2. The summed E-state index contributed by atoms with van der Waals surface area (Å²) in [4.78, 5) is 11.8. The molecule has 0 spiro atoms. The molecule has 0 radical (unpaired) electrons. The van der Waals surface area contributed by atoms with Crippen LogP contribution in [0.25, 0.3) is 0 Å². The van der Waals surface area contributed by atoms with Gasteiger partial charge < -0.3 is 24.8 Å². The summed E-state index contributed by atoms with van der Waals surface area (Å²) in [5, 5.41) is 0. The van der Waals surface area contributed by atoms with E-state index in [0.717, 1.165) is 25.7 Å². The van der Waals surface area contributed by atoms with Crippen molar-refractivity contribution in [1.82, 2.24) is 3.80 Å². The molecule has 0 aromatic rings. The van der Waals surface area contributed by atoms with Gasteiger partial charge in [-0.15, -0.1) is 0 Å². The normalized spacial score (nSPS) is 12.6. The number of allylic oxidation sites excluding steroid dienone is 4. The summed E-state index contributed by atoms with van der Waals surface area (Å²) in [7, 11) is 0. The third-order valence-electron chi connectivity index (χ3n) is 2.73. The van der Waals surface area contributed by atoms with Crippen LogP contribution >= 0.6 is 0 Å². The Balaban J connectivity index is 0. The molecule has 0 fully saturated rings. The van der Waals surface area contributed by atoms with Crippen LogP contribution in [0.5, 0.6) is 0 Å². The molecule has 0 saturated heterocycles. The van der Waals surface area contributed by atoms with Crippen LogP contribution in [0.15, 0.2) is 22.1 Å². The molecule has 1 amide bonds. The van der Waals surface area contributed by atoms with Crippen molar-refractivity contribution in [3.05, 3.63) is 22.1 Å². The van der Waals surface area contributed by atoms with Crippen LogP contribution in [0, 0.1) is 0 Å². The molecule has 0 bridgehead atoms. The van der Waals surface area contributed by atoms with Gasteiger partial charge in [-0.2, -0.15) is 0 Å². The molecule has 18 heavy (non-hydrogen) atoms. The second-order valence-corrected chi connectivity index (χ2v) is 17.3. The molecule has 0 aromatic heterocycles. The molecule has 1 rings (SSSR count). The average molecular weight is 343 g/mol. The first-order valence-electron chi connectivity index (χ1n) is 6.18. The molecule has 0 unspecified atom stereocenters. The van der Waals surface area contributed by atoms with Crippen molar-refractivity contribution >= 4 is 12.6 Å². The first kappa shape index (κ1) is 20.8. The van der Waals surface area contributed by atoms with E-state index in [1.807, 2.05) is 0 Å². The predicted molar refractivity (Wildman–Crippen MR) is 68.4 cm³/mol. The fraction of sp³-hybridized carbons (Fsp3) is 0.583. The third kappa shape index (κ3) is 7.15. The molecule has 1 N–H and O–H groups in total. The molecular formula is C12H22Cl2NOSiTi. The Morgan fingerprint density at radius 3 is 2.56 bits per heavy atom. The minimum atomic E-state index is -1.42. The van der Waals surface area contributed by atoms with Crippen molar-refractivity contribution in [2.75, 3.05) is 0 Å². The maximum absolute atomic E-state index is 11.8. The number of nitrogens with one attached hydrogen (secondary N) is 1. The largest absolute Gasteiger partial charge is 1.00 e. The van der Waals surface area contributed by atoms with Crippen LogP contribution in [0.4, 0.5) is 0 Å². The van der Waals surface area contributed by atoms with Crippen LogP contribution in [0.3, 0.4) is 0 Å². The molecule has 0 aromatic carbocycles. The minimum absolute atomic E-state index is 0. The minimum Gasteiger partial charge on any atom is -1.00 e. The molecule has 1 aliphatic carbocycles. The Morgan fingerprint density at radius 1 is 1.44 bits per heavy atom. The number of unbranched alkanes of at least 4 members (excludes halogenated alkanes) is 1. The first-order chi connectivity index (χ1) is 7.65. The van der Waals surface area contributed by atoms with Gasteiger partial charge in [0.05, 0.1) is 0 Å². The molecule has 0 saturated carbocycles. The predicted octanol–water partition coefficient (Wildman–Crippen LogP) is -3.34. The van der Waals surface area contributed by atoms with E-state index in [1.165, 1.54) is 0 Å². The summed E-state index contributed by atoms with van der Waals surface area (Å²) < 4.78 is 4.94. The van der Waals surface area contributed by atoms with Gasteiger partial charge in [-0.3, -0.25) is 0 Å². The van der Waals surface area contributed by atoms with Crippen molar-refractivity contribution in [2.45, 2.75) is 45.7 Å². The van der Waals surface area contributed by atoms with Crippen LogP contribution < -0.4 is 28.6 Å². The van der Waals surface area contributed by atoms with Gasteiger partial charge in [0.2, 0.25) is 0 Å². The fourth-order valence-corrected chi connectivity index (χ4v) is 11.1. The van der Waals surface area contributed by atoms with Crippen LogP contribution in [-0.4, -0.2) is 12.6 Å². The van der Waals surface area contributed by atoms with Crippen LogP contribution in [0.1, 0.15) is 32.6 Å². The van der Waals surface area contributed by atoms with Crippen LogP contribution in [0.2, 0.25) is 13.1 Å². The van der Waals surface area contributed by atoms with Crippen LogP contribution in [-0.2, 0) is 22.2 Å². The van der Waals surface area contributed by atoms with Gasteiger partial charge in [-0.25, -0.2) is 0 Å². The van der Waals surface area contributed by atoms with E-state index in [0.29, 0.717) is 5.91 Å². The van der Waals surface area contributed by atoms with E-state index in [9.17, 15) is 4.79 Å². The molecule has 0 atom stereocenters. The summed E-state index contributed by atoms with van der Waals surface area (Å²) >= 11 is -1.42. The van der Waals surface area contributed by atoms with E-state index in [-0.39, 0.29) is 24.8 Å². The van der Waals surface area contributed by atoms with Gasteiger partial charge in [-0.1, -0.05) is 0 Å². The summed E-state index contributed by atoms with van der Waals surface area (Å²) in [5.41, 5.74) is 0. The Kier molecular flexibility index (Phi) is 13.0. The molecule has 1 aliphatic rings. The number of carbonyl (C=O) groups excluding carboxylic acids is 1. The van der Waals surface area contributed by atoms with E-state index in [4.69, 9.17) is 0 Å². The summed E-state index contributed by atoms with van der Waals surface area (Å²) in [6, 6.07) is 0. The SMILES string of the molecule is CCCCC(=O)[NH][Ti+2]([C]1=CC=CC1)[SiH](C)C.[Cl-].[Cl-]. The monoisotopic (exact) mass is 342 g/mol. The van der Waals surface area contributed by atoms with Gasteiger partial charge in [0.15, 0.2) is 0 Å². The summed E-state index contributed by atoms with van der Waals surface area (Å²) in [5.74, 6) is 0.297. The van der Waals surface area contributed by atoms with Crippen molar-refractivity contribution in [2.24, 2.45) is 0 Å². The van der Waals surface area contributed by atoms with E-state index in [2.05, 4.69) is 42.0 Å². The number of carbonyl (C=O) groups is 1. The average Bonchev–Trinajstić information content (AvgIpc) is 2.75. The standard InChI is InChI=1S/C5H11NO.C5H5.C2H7Si.2ClH.Ti/c1-2-3-4-5(6)7;1-2-4-5-3-1;1-3-2;;;/h2-4H2,1H3,(H2,6,7);1-3H,4H2;3H,1-2H3;2*1H;/q;;;;;+3/p-3. The Bertz CT molecular complexity index is 308. The van der Waals surface area contributed by atoms with E-state index in [1.54, 1.807) is 3.88 Å². The zero-order chi connectivity index (χ0) is 12.0. The third-order valence-corrected chi connectivity index (χ3v) is 13.9. The Morgan fingerprint density at radius 2 is 2.11 bits per heavy atom. The summed E-state index contributed by atoms with van der Waals surface area (Å²) in [6.45, 7) is 6.17. The second kappa shape index (κ2) is 11.3. The van der Waals surface area contributed by atoms with Gasteiger partial charge in [0.1, 0.15) is 0 Å². The summed E-state index contributed by atoms with van der Waals surface area (Å²) in [6.07, 6.45) is 10.5. The number of hydrogen-bond donors (Lipinski definition) is 1. The maximum Gasteiger partial charge on any atom is -1.00 e. The van der Waals surface area contributed by atoms with Crippen molar-refractivity contribution in [3.63, 3.8) is 0 Å².